The molecule has 0 N–H and O–H groups in total. The lowest BCUT2D eigenvalue weighted by molar-refractivity contribution is 0.621. The molecular weight excluding hydrogens is 308 g/mol. The molecule has 0 aliphatic rings. The summed E-state index contributed by atoms with van der Waals surface area (Å²) in [7, 11) is 0. The topological polar surface area (TPSA) is 30.2 Å². The summed E-state index contributed by atoms with van der Waals surface area (Å²) in [5.74, 6) is 0.618. The zero-order chi connectivity index (χ0) is 17.4. The molecule has 0 spiro atoms. The van der Waals surface area contributed by atoms with Gasteiger partial charge in [0, 0.05) is 5.56 Å². The van der Waals surface area contributed by atoms with E-state index in [0.717, 1.165) is 16.7 Å². The lowest BCUT2D eigenvalue weighted by atomic mass is 9.96. The monoisotopic (exact) mass is 326 g/mol. The number of para-hydroxylation sites is 1. The van der Waals surface area contributed by atoms with E-state index in [1.165, 1.54) is 5.56 Å². The molecule has 0 aliphatic carbocycles. The predicted octanol–water partition coefficient (Wildman–Crippen LogP) is 5.74. The van der Waals surface area contributed by atoms with E-state index in [0.29, 0.717) is 22.3 Å². The van der Waals surface area contributed by atoms with Crippen molar-refractivity contribution in [2.75, 3.05) is 0 Å². The van der Waals surface area contributed by atoms with Crippen LogP contribution in [0.3, 0.4) is 0 Å². The Morgan fingerprint density at radius 2 is 1.44 bits per heavy atom. The lowest BCUT2D eigenvalue weighted by Crippen LogP contribution is -2.07. The molecule has 2 nitrogen and oxygen atoms in total. The van der Waals surface area contributed by atoms with Crippen LogP contribution < -0.4 is 5.43 Å². The Labute approximate surface area is 146 Å². The van der Waals surface area contributed by atoms with Crippen LogP contribution >= 0.6 is 0 Å². The third kappa shape index (κ3) is 2.66. The number of aryl methyl sites for hydroxylation is 2. The number of hydrogen-bond donors (Lipinski definition) is 0. The molecule has 0 saturated heterocycles. The van der Waals surface area contributed by atoms with Gasteiger partial charge in [-0.05, 0) is 42.7 Å². The molecule has 1 aromatic heterocycles. The van der Waals surface area contributed by atoms with E-state index in [4.69, 9.17) is 4.42 Å². The Morgan fingerprint density at radius 1 is 0.720 bits per heavy atom. The molecule has 25 heavy (non-hydrogen) atoms. The summed E-state index contributed by atoms with van der Waals surface area (Å²) in [5, 5.41) is 0.607. The molecule has 0 unspecified atom stereocenters. The lowest BCUT2D eigenvalue weighted by Gasteiger charge is -2.12. The summed E-state index contributed by atoms with van der Waals surface area (Å²) in [4.78, 5) is 13.3. The van der Waals surface area contributed by atoms with Gasteiger partial charge in [0.2, 0.25) is 5.43 Å². The van der Waals surface area contributed by atoms with E-state index < -0.39 is 0 Å². The molecular formula is C23H18O2. The molecule has 0 aliphatic heterocycles. The second-order valence-electron chi connectivity index (χ2n) is 6.30. The molecule has 0 amide bonds. The van der Waals surface area contributed by atoms with Crippen molar-refractivity contribution in [1.29, 1.82) is 0 Å². The van der Waals surface area contributed by atoms with E-state index in [1.807, 2.05) is 66.7 Å². The normalized spacial score (nSPS) is 11.0. The molecule has 0 bridgehead atoms. The Bertz CT molecular complexity index is 1120. The Balaban J connectivity index is 2.12. The minimum absolute atomic E-state index is 0.00366. The van der Waals surface area contributed by atoms with Crippen LogP contribution in [0.4, 0.5) is 0 Å². The van der Waals surface area contributed by atoms with Gasteiger partial charge in [-0.3, -0.25) is 4.79 Å². The Hall–Kier alpha value is -3.13. The second kappa shape index (κ2) is 6.06. The first-order valence-electron chi connectivity index (χ1n) is 8.34. The van der Waals surface area contributed by atoms with E-state index in [1.54, 1.807) is 0 Å². The van der Waals surface area contributed by atoms with E-state index in [2.05, 4.69) is 19.9 Å². The number of benzene rings is 3. The summed E-state index contributed by atoms with van der Waals surface area (Å²) in [6.07, 6.45) is 0. The van der Waals surface area contributed by atoms with Crippen LogP contribution in [0.5, 0.6) is 0 Å². The fourth-order valence-electron chi connectivity index (χ4n) is 3.09. The van der Waals surface area contributed by atoms with Gasteiger partial charge in [0.1, 0.15) is 11.3 Å². The first-order chi connectivity index (χ1) is 12.1. The van der Waals surface area contributed by atoms with Crippen LogP contribution in [0.25, 0.3) is 33.4 Å². The Morgan fingerprint density at radius 3 is 2.20 bits per heavy atom. The van der Waals surface area contributed by atoms with Crippen molar-refractivity contribution in [3.05, 3.63) is 94.1 Å². The zero-order valence-electron chi connectivity index (χ0n) is 14.2. The van der Waals surface area contributed by atoms with Crippen LogP contribution in [0.1, 0.15) is 11.1 Å². The number of rotatable bonds is 2. The van der Waals surface area contributed by atoms with Gasteiger partial charge in [-0.25, -0.2) is 0 Å². The second-order valence-corrected chi connectivity index (χ2v) is 6.30. The van der Waals surface area contributed by atoms with Gasteiger partial charge in [0.05, 0.1) is 10.9 Å². The van der Waals surface area contributed by atoms with Gasteiger partial charge in [0.25, 0.3) is 0 Å². The maximum absolute atomic E-state index is 13.3. The molecule has 0 atom stereocenters. The summed E-state index contributed by atoms with van der Waals surface area (Å²) < 4.78 is 6.18. The highest BCUT2D eigenvalue weighted by molar-refractivity contribution is 5.89. The smallest absolute Gasteiger partial charge is 0.201 e. The van der Waals surface area contributed by atoms with Crippen molar-refractivity contribution in [2.24, 2.45) is 0 Å². The molecule has 122 valence electrons. The van der Waals surface area contributed by atoms with Gasteiger partial charge in [-0.2, -0.15) is 0 Å². The average molecular weight is 326 g/mol. The highest BCUT2D eigenvalue weighted by atomic mass is 16.3. The minimum Gasteiger partial charge on any atom is -0.455 e. The van der Waals surface area contributed by atoms with Gasteiger partial charge >= 0.3 is 0 Å². The van der Waals surface area contributed by atoms with Crippen LogP contribution in [0, 0.1) is 13.8 Å². The average Bonchev–Trinajstić information content (AvgIpc) is 2.65. The van der Waals surface area contributed by atoms with Gasteiger partial charge < -0.3 is 4.42 Å². The van der Waals surface area contributed by atoms with Crippen molar-refractivity contribution in [2.45, 2.75) is 13.8 Å². The summed E-state index contributed by atoms with van der Waals surface area (Å²) in [5.41, 5.74) is 5.38. The van der Waals surface area contributed by atoms with Crippen molar-refractivity contribution in [1.82, 2.24) is 0 Å². The number of fused-ring (bicyclic) bond motifs is 1. The van der Waals surface area contributed by atoms with Crippen molar-refractivity contribution in [3.63, 3.8) is 0 Å². The Kier molecular flexibility index (Phi) is 3.73. The third-order valence-corrected chi connectivity index (χ3v) is 4.63. The van der Waals surface area contributed by atoms with Crippen LogP contribution in [-0.2, 0) is 0 Å². The van der Waals surface area contributed by atoms with Crippen LogP contribution in [0.15, 0.2) is 82.0 Å². The predicted molar refractivity (Wildman–Crippen MR) is 103 cm³/mol. The van der Waals surface area contributed by atoms with Crippen LogP contribution in [0.2, 0.25) is 0 Å². The fraction of sp³-hybridized carbons (Fsp3) is 0.0870. The maximum Gasteiger partial charge on any atom is 0.201 e. The number of hydrogen-bond acceptors (Lipinski definition) is 2. The largest absolute Gasteiger partial charge is 0.455 e. The van der Waals surface area contributed by atoms with E-state index >= 15 is 0 Å². The standard InChI is InChI=1S/C23H18O2/c1-15-12-13-18(14-16(15)2)21-22(24)19-10-6-7-11-20(19)25-23(21)17-8-4-3-5-9-17/h3-14H,1-2H3. The highest BCUT2D eigenvalue weighted by Gasteiger charge is 2.17. The van der Waals surface area contributed by atoms with E-state index in [-0.39, 0.29) is 5.43 Å². The van der Waals surface area contributed by atoms with Crippen LogP contribution in [-0.4, -0.2) is 0 Å². The zero-order valence-corrected chi connectivity index (χ0v) is 14.2. The summed E-state index contributed by atoms with van der Waals surface area (Å²) >= 11 is 0. The first kappa shape index (κ1) is 15.4. The fourth-order valence-corrected chi connectivity index (χ4v) is 3.09. The minimum atomic E-state index is 0.00366. The highest BCUT2D eigenvalue weighted by Crippen LogP contribution is 2.33. The molecule has 2 heteroatoms. The maximum atomic E-state index is 13.3. The van der Waals surface area contributed by atoms with Crippen molar-refractivity contribution in [3.8, 4) is 22.5 Å². The van der Waals surface area contributed by atoms with E-state index in [9.17, 15) is 4.79 Å². The van der Waals surface area contributed by atoms with Crippen molar-refractivity contribution < 1.29 is 4.42 Å². The summed E-state index contributed by atoms with van der Waals surface area (Å²) in [6, 6.07) is 23.3. The molecule has 4 aromatic rings. The third-order valence-electron chi connectivity index (χ3n) is 4.63. The molecule has 3 aromatic carbocycles. The molecule has 0 radical (unpaired) electrons. The quantitative estimate of drug-likeness (QED) is 0.470. The molecule has 1 heterocycles. The van der Waals surface area contributed by atoms with Gasteiger partial charge in [-0.15, -0.1) is 0 Å². The SMILES string of the molecule is Cc1ccc(-c2c(-c3ccccc3)oc3ccccc3c2=O)cc1C. The van der Waals surface area contributed by atoms with Crippen molar-refractivity contribution >= 4 is 11.0 Å². The van der Waals surface area contributed by atoms with Gasteiger partial charge in [0.15, 0.2) is 0 Å². The molecule has 0 saturated carbocycles. The first-order valence-corrected chi connectivity index (χ1v) is 8.34. The molecule has 0 fully saturated rings. The molecule has 4 rings (SSSR count). The van der Waals surface area contributed by atoms with Gasteiger partial charge in [-0.1, -0.05) is 60.7 Å². The summed E-state index contributed by atoms with van der Waals surface area (Å²) in [6.45, 7) is 4.13.